The number of imide groups is 1. The van der Waals surface area contributed by atoms with Gasteiger partial charge in [0.25, 0.3) is 0 Å². The summed E-state index contributed by atoms with van der Waals surface area (Å²) in [5, 5.41) is 2.11. The van der Waals surface area contributed by atoms with Gasteiger partial charge in [0.05, 0.1) is 18.8 Å². The van der Waals surface area contributed by atoms with Crippen molar-refractivity contribution >= 4 is 23.8 Å². The van der Waals surface area contributed by atoms with Gasteiger partial charge in [0.2, 0.25) is 11.8 Å². The van der Waals surface area contributed by atoms with Crippen LogP contribution < -0.4 is 10.2 Å². The van der Waals surface area contributed by atoms with E-state index in [1.54, 1.807) is 0 Å². The van der Waals surface area contributed by atoms with Crippen LogP contribution in [0.5, 0.6) is 0 Å². The lowest BCUT2D eigenvalue weighted by Crippen LogP contribution is -2.52. The van der Waals surface area contributed by atoms with Crippen LogP contribution in [0.1, 0.15) is 10.4 Å². The van der Waals surface area contributed by atoms with E-state index in [0.717, 1.165) is 0 Å². The van der Waals surface area contributed by atoms with Crippen LogP contribution in [0.15, 0.2) is 18.2 Å². The smallest absolute Gasteiger partial charge is 0.246 e. The van der Waals surface area contributed by atoms with Gasteiger partial charge in [0, 0.05) is 5.56 Å². The molecule has 1 N–H and O–H groups in total. The SMILES string of the molecule is O=Cc1cccc(F)c1N1CC(=O)NC(=O)C1. The highest BCUT2D eigenvalue weighted by atomic mass is 19.1. The van der Waals surface area contributed by atoms with Gasteiger partial charge in [-0.2, -0.15) is 0 Å². The van der Waals surface area contributed by atoms with E-state index in [9.17, 15) is 18.8 Å². The van der Waals surface area contributed by atoms with Gasteiger partial charge in [-0.1, -0.05) is 6.07 Å². The van der Waals surface area contributed by atoms with Crippen LogP contribution in [-0.4, -0.2) is 31.2 Å². The predicted molar refractivity (Wildman–Crippen MR) is 57.2 cm³/mol. The predicted octanol–water partition coefficient (Wildman–Crippen LogP) is 0.101. The molecule has 17 heavy (non-hydrogen) atoms. The molecule has 0 bridgehead atoms. The fraction of sp³-hybridized carbons (Fsp3) is 0.182. The molecule has 1 fully saturated rings. The summed E-state index contributed by atoms with van der Waals surface area (Å²) in [6, 6.07) is 4.01. The highest BCUT2D eigenvalue weighted by Crippen LogP contribution is 2.23. The van der Waals surface area contributed by atoms with E-state index in [4.69, 9.17) is 0 Å². The Morgan fingerprint density at radius 3 is 2.47 bits per heavy atom. The van der Waals surface area contributed by atoms with Crippen LogP contribution in [0.2, 0.25) is 0 Å². The molecule has 5 nitrogen and oxygen atoms in total. The van der Waals surface area contributed by atoms with E-state index >= 15 is 0 Å². The molecule has 1 aromatic rings. The maximum Gasteiger partial charge on any atom is 0.246 e. The lowest BCUT2D eigenvalue weighted by atomic mass is 10.1. The molecule has 6 heteroatoms. The van der Waals surface area contributed by atoms with Crippen molar-refractivity contribution in [2.24, 2.45) is 0 Å². The van der Waals surface area contributed by atoms with Crippen molar-refractivity contribution in [1.82, 2.24) is 5.32 Å². The molecule has 0 aliphatic carbocycles. The Morgan fingerprint density at radius 1 is 1.24 bits per heavy atom. The molecule has 0 spiro atoms. The van der Waals surface area contributed by atoms with E-state index in [-0.39, 0.29) is 24.3 Å². The number of carbonyl (C=O) groups is 3. The van der Waals surface area contributed by atoms with Crippen molar-refractivity contribution in [2.75, 3.05) is 18.0 Å². The summed E-state index contributed by atoms with van der Waals surface area (Å²) in [5.41, 5.74) is 0.109. The monoisotopic (exact) mass is 236 g/mol. The number of hydrogen-bond acceptors (Lipinski definition) is 4. The summed E-state index contributed by atoms with van der Waals surface area (Å²) in [4.78, 5) is 34.4. The first-order valence-corrected chi connectivity index (χ1v) is 4.93. The Labute approximate surface area is 96.2 Å². The van der Waals surface area contributed by atoms with Crippen molar-refractivity contribution in [1.29, 1.82) is 0 Å². The number of hydrogen-bond donors (Lipinski definition) is 1. The maximum atomic E-state index is 13.6. The van der Waals surface area contributed by atoms with E-state index in [2.05, 4.69) is 5.32 Å². The van der Waals surface area contributed by atoms with Crippen molar-refractivity contribution < 1.29 is 18.8 Å². The first-order valence-electron chi connectivity index (χ1n) is 4.93. The Morgan fingerprint density at radius 2 is 1.88 bits per heavy atom. The highest BCUT2D eigenvalue weighted by Gasteiger charge is 2.26. The van der Waals surface area contributed by atoms with Crippen LogP contribution in [0, 0.1) is 5.82 Å². The lowest BCUT2D eigenvalue weighted by Gasteiger charge is -2.28. The minimum Gasteiger partial charge on any atom is -0.350 e. The van der Waals surface area contributed by atoms with E-state index in [0.29, 0.717) is 6.29 Å². The van der Waals surface area contributed by atoms with Crippen LogP contribution in [0.25, 0.3) is 0 Å². The Kier molecular flexibility index (Phi) is 2.86. The van der Waals surface area contributed by atoms with Crippen molar-refractivity contribution in [3.63, 3.8) is 0 Å². The van der Waals surface area contributed by atoms with Crippen molar-refractivity contribution in [2.45, 2.75) is 0 Å². The number of para-hydroxylation sites is 1. The zero-order valence-corrected chi connectivity index (χ0v) is 8.77. The third-order valence-corrected chi connectivity index (χ3v) is 2.41. The van der Waals surface area contributed by atoms with Crippen LogP contribution >= 0.6 is 0 Å². The number of carbonyl (C=O) groups excluding carboxylic acids is 3. The second-order valence-electron chi connectivity index (χ2n) is 3.62. The fourth-order valence-corrected chi connectivity index (χ4v) is 1.76. The average molecular weight is 236 g/mol. The van der Waals surface area contributed by atoms with E-state index in [1.165, 1.54) is 23.1 Å². The average Bonchev–Trinajstić information content (AvgIpc) is 2.27. The number of benzene rings is 1. The van der Waals surface area contributed by atoms with Gasteiger partial charge >= 0.3 is 0 Å². The molecule has 2 amide bonds. The summed E-state index contributed by atoms with van der Waals surface area (Å²) in [6.45, 7) is -0.291. The van der Waals surface area contributed by atoms with Gasteiger partial charge in [0.15, 0.2) is 6.29 Å². The Bertz CT molecular complexity index is 485. The number of anilines is 1. The fourth-order valence-electron chi connectivity index (χ4n) is 1.76. The first kappa shape index (κ1) is 11.3. The quantitative estimate of drug-likeness (QED) is 0.584. The Balaban J connectivity index is 2.42. The summed E-state index contributed by atoms with van der Waals surface area (Å²) in [7, 11) is 0. The molecule has 0 aromatic heterocycles. The van der Waals surface area contributed by atoms with Crippen molar-refractivity contribution in [3.05, 3.63) is 29.6 Å². The molecule has 88 valence electrons. The molecule has 1 saturated heterocycles. The summed E-state index contributed by atoms with van der Waals surface area (Å²) in [5.74, 6) is -1.65. The minimum atomic E-state index is -0.628. The molecule has 0 unspecified atom stereocenters. The summed E-state index contributed by atoms with van der Waals surface area (Å²) in [6.07, 6.45) is 0.495. The van der Waals surface area contributed by atoms with Gasteiger partial charge in [-0.05, 0) is 12.1 Å². The number of halogens is 1. The van der Waals surface area contributed by atoms with Gasteiger partial charge in [0.1, 0.15) is 5.82 Å². The van der Waals surface area contributed by atoms with Gasteiger partial charge in [-0.25, -0.2) is 4.39 Å². The van der Waals surface area contributed by atoms with Gasteiger partial charge < -0.3 is 4.90 Å². The topological polar surface area (TPSA) is 66.5 Å². The zero-order valence-electron chi connectivity index (χ0n) is 8.77. The first-order chi connectivity index (χ1) is 8.11. The molecule has 0 saturated carbocycles. The molecule has 0 atom stereocenters. The van der Waals surface area contributed by atoms with Crippen LogP contribution in [0.4, 0.5) is 10.1 Å². The number of piperazine rings is 1. The number of nitrogens with zero attached hydrogens (tertiary/aromatic N) is 1. The number of amides is 2. The lowest BCUT2D eigenvalue weighted by molar-refractivity contribution is -0.130. The summed E-state index contributed by atoms with van der Waals surface area (Å²) < 4.78 is 13.6. The largest absolute Gasteiger partial charge is 0.350 e. The third kappa shape index (κ3) is 2.15. The van der Waals surface area contributed by atoms with Gasteiger partial charge in [-0.15, -0.1) is 0 Å². The summed E-state index contributed by atoms with van der Waals surface area (Å²) >= 11 is 0. The van der Waals surface area contributed by atoms with Crippen LogP contribution in [-0.2, 0) is 9.59 Å². The molecule has 1 aromatic carbocycles. The van der Waals surface area contributed by atoms with Crippen molar-refractivity contribution in [3.8, 4) is 0 Å². The van der Waals surface area contributed by atoms with Gasteiger partial charge in [-0.3, -0.25) is 19.7 Å². The van der Waals surface area contributed by atoms with E-state index in [1.807, 2.05) is 0 Å². The normalized spacial score (nSPS) is 15.7. The number of aldehydes is 1. The number of nitrogens with one attached hydrogen (secondary N) is 1. The second-order valence-corrected chi connectivity index (χ2v) is 3.62. The molecule has 1 aliphatic rings. The maximum absolute atomic E-state index is 13.6. The Hall–Kier alpha value is -2.24. The molecule has 2 rings (SSSR count). The second kappa shape index (κ2) is 4.32. The third-order valence-electron chi connectivity index (χ3n) is 2.41. The molecule has 1 aliphatic heterocycles. The molecule has 0 radical (unpaired) electrons. The molecule has 1 heterocycles. The highest BCUT2D eigenvalue weighted by molar-refractivity contribution is 6.03. The molecular weight excluding hydrogens is 227 g/mol. The minimum absolute atomic E-state index is 0.00861. The number of rotatable bonds is 2. The van der Waals surface area contributed by atoms with Crippen LogP contribution in [0.3, 0.4) is 0 Å². The zero-order chi connectivity index (χ0) is 12.4. The van der Waals surface area contributed by atoms with E-state index < -0.39 is 17.6 Å². The molecular formula is C11H9FN2O3. The standard InChI is InChI=1S/C11H9FN2O3/c12-8-3-1-2-7(6-15)11(8)14-4-9(16)13-10(17)5-14/h1-3,6H,4-5H2,(H,13,16,17).